The number of hydrogen-bond donors (Lipinski definition) is 1. The molecule has 11 heteroatoms. The Kier molecular flexibility index (Phi) is 7.94. The molecule has 1 aliphatic rings. The van der Waals surface area contributed by atoms with Crippen molar-refractivity contribution in [3.05, 3.63) is 95.6 Å². The van der Waals surface area contributed by atoms with E-state index in [1.165, 1.54) is 42.3 Å². The Morgan fingerprint density at radius 2 is 1.90 bits per heavy atom. The molecule has 4 aromatic rings. The van der Waals surface area contributed by atoms with Crippen molar-refractivity contribution >= 4 is 28.5 Å². The van der Waals surface area contributed by atoms with Crippen LogP contribution >= 0.6 is 11.8 Å². The second-order valence-electron chi connectivity index (χ2n) is 9.35. The van der Waals surface area contributed by atoms with E-state index in [9.17, 15) is 18.7 Å². The third-order valence-electron chi connectivity index (χ3n) is 6.76. The normalized spacial score (nSPS) is 19.9. The molecule has 1 aromatic heterocycles. The molecule has 39 heavy (non-hydrogen) atoms. The van der Waals surface area contributed by atoms with E-state index >= 15 is 0 Å². The average molecular weight is 556 g/mol. The number of aliphatic hydroxyl groups is 1. The number of aromatic nitrogens is 3. The molecule has 2 atom stereocenters. The highest BCUT2D eigenvalue weighted by molar-refractivity contribution is 8.00. The van der Waals surface area contributed by atoms with Gasteiger partial charge in [-0.3, -0.25) is 0 Å². The quantitative estimate of drug-likeness (QED) is 0.315. The summed E-state index contributed by atoms with van der Waals surface area (Å²) in [5.41, 5.74) is -0.433. The molecule has 0 saturated carbocycles. The summed E-state index contributed by atoms with van der Waals surface area (Å²) < 4.78 is 46.7. The summed E-state index contributed by atoms with van der Waals surface area (Å²) in [7, 11) is 1.35. The van der Waals surface area contributed by atoms with E-state index in [2.05, 4.69) is 10.1 Å². The summed E-state index contributed by atoms with van der Waals surface area (Å²) >= 11 is 1.40. The van der Waals surface area contributed by atoms with Crippen LogP contribution in [0.4, 0.5) is 8.78 Å². The highest BCUT2D eigenvalue weighted by Crippen LogP contribution is 2.39. The van der Waals surface area contributed by atoms with Gasteiger partial charge in [0.2, 0.25) is 0 Å². The number of hydrogen-bond acceptors (Lipinski definition) is 8. The van der Waals surface area contributed by atoms with Crippen LogP contribution in [0, 0.1) is 11.6 Å². The van der Waals surface area contributed by atoms with Gasteiger partial charge in [-0.2, -0.15) is 5.10 Å². The number of carbonyl (C=O) groups is 1. The minimum absolute atomic E-state index is 0.0264. The Morgan fingerprint density at radius 1 is 1.15 bits per heavy atom. The van der Waals surface area contributed by atoms with Crippen LogP contribution in [0.3, 0.4) is 0 Å². The molecule has 0 radical (unpaired) electrons. The molecule has 0 spiro atoms. The molecule has 8 nitrogen and oxygen atoms in total. The fraction of sp³-hybridized carbons (Fsp3) is 0.321. The first-order chi connectivity index (χ1) is 18.8. The zero-order chi connectivity index (χ0) is 27.6. The van der Waals surface area contributed by atoms with Gasteiger partial charge in [-0.1, -0.05) is 31.2 Å². The van der Waals surface area contributed by atoms with Crippen molar-refractivity contribution < 1.29 is 32.9 Å². The van der Waals surface area contributed by atoms with E-state index in [4.69, 9.17) is 14.2 Å². The maximum atomic E-state index is 14.8. The number of ether oxygens (including phenoxy) is 3. The molecule has 0 unspecified atom stereocenters. The monoisotopic (exact) mass is 555 g/mol. The first-order valence-electron chi connectivity index (χ1n) is 12.3. The van der Waals surface area contributed by atoms with Crippen molar-refractivity contribution in [1.29, 1.82) is 0 Å². The molecular formula is C28H27F2N3O5S. The summed E-state index contributed by atoms with van der Waals surface area (Å²) in [6.45, 7) is 2.38. The minimum Gasteiger partial charge on any atom is -0.465 e. The molecule has 1 saturated heterocycles. The van der Waals surface area contributed by atoms with Crippen LogP contribution < -0.4 is 0 Å². The van der Waals surface area contributed by atoms with Gasteiger partial charge in [-0.05, 0) is 35.0 Å². The summed E-state index contributed by atoms with van der Waals surface area (Å²) in [6.07, 6.45) is 2.18. The number of halogens is 2. The molecule has 5 rings (SSSR count). The number of carbonyl (C=O) groups excluding carboxylic acids is 1. The number of methoxy groups -OCH3 is 1. The van der Waals surface area contributed by atoms with Crippen LogP contribution in [-0.2, 0) is 26.4 Å². The van der Waals surface area contributed by atoms with E-state index < -0.39 is 34.7 Å². The van der Waals surface area contributed by atoms with Gasteiger partial charge in [0.1, 0.15) is 29.9 Å². The fourth-order valence-electron chi connectivity index (χ4n) is 4.65. The van der Waals surface area contributed by atoms with Crippen LogP contribution in [0.15, 0.2) is 67.3 Å². The number of rotatable bonds is 8. The molecule has 204 valence electrons. The largest absolute Gasteiger partial charge is 0.465 e. The van der Waals surface area contributed by atoms with Crippen molar-refractivity contribution in [2.45, 2.75) is 35.9 Å². The smallest absolute Gasteiger partial charge is 0.337 e. The van der Waals surface area contributed by atoms with Crippen LogP contribution in [0.25, 0.3) is 10.8 Å². The van der Waals surface area contributed by atoms with E-state index in [-0.39, 0.29) is 17.4 Å². The van der Waals surface area contributed by atoms with Crippen molar-refractivity contribution in [2.24, 2.45) is 0 Å². The van der Waals surface area contributed by atoms with Crippen molar-refractivity contribution in [3.8, 4) is 0 Å². The zero-order valence-electron chi connectivity index (χ0n) is 21.3. The number of thioether (sulfide) groups is 1. The van der Waals surface area contributed by atoms with E-state index in [0.29, 0.717) is 18.8 Å². The van der Waals surface area contributed by atoms with Gasteiger partial charge >= 0.3 is 5.97 Å². The third-order valence-corrected chi connectivity index (χ3v) is 8.22. The standard InChI is InChI=1S/C28H27F2N3O5S/c1-17(28(35,14-33-16-31-15-32-33)24-8-7-22(29)11-25(24)30)39-23-12-37-27(38-13-23)21-6-4-18-9-20(26(34)36-2)5-3-19(18)10-21/h3-11,15-17,23,27,35H,12-14H2,1-2H3/t17-,23-,27+,28-/m1/s1. The maximum Gasteiger partial charge on any atom is 0.337 e. The van der Waals surface area contributed by atoms with Crippen molar-refractivity contribution in [3.63, 3.8) is 0 Å². The lowest BCUT2D eigenvalue weighted by Crippen LogP contribution is -2.43. The first kappa shape index (κ1) is 27.2. The third kappa shape index (κ3) is 5.81. The van der Waals surface area contributed by atoms with Gasteiger partial charge in [0, 0.05) is 22.4 Å². The number of benzene rings is 3. The van der Waals surface area contributed by atoms with E-state index in [1.807, 2.05) is 24.3 Å². The van der Waals surface area contributed by atoms with Gasteiger partial charge in [0.05, 0.1) is 37.7 Å². The zero-order valence-corrected chi connectivity index (χ0v) is 22.1. The Balaban J connectivity index is 1.27. The van der Waals surface area contributed by atoms with Gasteiger partial charge in [-0.15, -0.1) is 11.8 Å². The average Bonchev–Trinajstić information content (AvgIpc) is 3.45. The highest BCUT2D eigenvalue weighted by Gasteiger charge is 2.41. The Hall–Kier alpha value is -3.38. The first-order valence-corrected chi connectivity index (χ1v) is 13.2. The molecular weight excluding hydrogens is 528 g/mol. The number of fused-ring (bicyclic) bond motifs is 1. The van der Waals surface area contributed by atoms with Crippen molar-refractivity contribution in [1.82, 2.24) is 14.8 Å². The molecule has 0 amide bonds. The van der Waals surface area contributed by atoms with Gasteiger partial charge < -0.3 is 19.3 Å². The minimum atomic E-state index is -1.71. The number of esters is 1. The van der Waals surface area contributed by atoms with Gasteiger partial charge in [0.15, 0.2) is 6.29 Å². The second kappa shape index (κ2) is 11.4. The summed E-state index contributed by atoms with van der Waals surface area (Å²) in [6, 6.07) is 14.2. The maximum absolute atomic E-state index is 14.8. The lowest BCUT2D eigenvalue weighted by molar-refractivity contribution is -0.179. The lowest BCUT2D eigenvalue weighted by Gasteiger charge is -2.37. The van der Waals surface area contributed by atoms with Crippen LogP contribution in [-0.4, -0.2) is 56.7 Å². The molecule has 0 bridgehead atoms. The van der Waals surface area contributed by atoms with Crippen LogP contribution in [0.2, 0.25) is 0 Å². The topological polar surface area (TPSA) is 95.7 Å². The van der Waals surface area contributed by atoms with E-state index in [1.54, 1.807) is 19.1 Å². The lowest BCUT2D eigenvalue weighted by atomic mass is 9.90. The molecule has 1 N–H and O–H groups in total. The summed E-state index contributed by atoms with van der Waals surface area (Å²) in [4.78, 5) is 15.7. The Morgan fingerprint density at radius 3 is 2.59 bits per heavy atom. The predicted molar refractivity (Wildman–Crippen MR) is 141 cm³/mol. The molecule has 3 aromatic carbocycles. The van der Waals surface area contributed by atoms with Gasteiger partial charge in [-0.25, -0.2) is 23.2 Å². The van der Waals surface area contributed by atoms with Gasteiger partial charge in [0.25, 0.3) is 0 Å². The number of nitrogens with zero attached hydrogens (tertiary/aromatic N) is 3. The van der Waals surface area contributed by atoms with Crippen LogP contribution in [0.1, 0.15) is 34.7 Å². The van der Waals surface area contributed by atoms with E-state index in [0.717, 1.165) is 28.5 Å². The SMILES string of the molecule is COC(=O)c1ccc2cc([C@H]3OC[C@@H](S[C@H](C)[C@](O)(Cn4cncn4)c4ccc(F)cc4F)CO3)ccc2c1. The summed E-state index contributed by atoms with van der Waals surface area (Å²) in [5.74, 6) is -1.96. The van der Waals surface area contributed by atoms with Crippen molar-refractivity contribution in [2.75, 3.05) is 20.3 Å². The predicted octanol–water partition coefficient (Wildman–Crippen LogP) is 4.62. The van der Waals surface area contributed by atoms with Crippen LogP contribution in [0.5, 0.6) is 0 Å². The molecule has 2 heterocycles. The second-order valence-corrected chi connectivity index (χ2v) is 11.0. The highest BCUT2D eigenvalue weighted by atomic mass is 32.2. The fourth-order valence-corrected chi connectivity index (χ4v) is 5.97. The summed E-state index contributed by atoms with van der Waals surface area (Å²) in [5, 5.41) is 16.9. The molecule has 0 aliphatic carbocycles. The molecule has 1 fully saturated rings. The molecule has 1 aliphatic heterocycles. The Labute approximate surface area is 227 Å². The Bertz CT molecular complexity index is 1460.